The number of aryl methyl sites for hydroxylation is 3. The zero-order valence-corrected chi connectivity index (χ0v) is 19.8. The minimum atomic E-state index is -0.0797. The third-order valence-corrected chi connectivity index (χ3v) is 6.56. The standard InChI is InChI=1S/C20H22BrCl2N5O/c1-11-19(21)13(3)27(25-11)8-7-18(29)24-20-12(2)26-28(14(20)4)10-15-5-6-16(22)9-17(15)23/h5-6,9H,7-8,10H2,1-4H3,(H,24,29). The highest BCUT2D eigenvalue weighted by Gasteiger charge is 2.16. The van der Waals surface area contributed by atoms with Crippen LogP contribution in [0.15, 0.2) is 22.7 Å². The summed E-state index contributed by atoms with van der Waals surface area (Å²) < 4.78 is 4.65. The summed E-state index contributed by atoms with van der Waals surface area (Å²) in [6.45, 7) is 8.72. The van der Waals surface area contributed by atoms with Crippen LogP contribution in [0.5, 0.6) is 0 Å². The van der Waals surface area contributed by atoms with Crippen LogP contribution in [0.25, 0.3) is 0 Å². The van der Waals surface area contributed by atoms with E-state index < -0.39 is 0 Å². The molecule has 6 nitrogen and oxygen atoms in total. The minimum Gasteiger partial charge on any atom is -0.323 e. The first kappa shape index (κ1) is 21.9. The molecule has 0 spiro atoms. The van der Waals surface area contributed by atoms with Crippen molar-refractivity contribution in [3.63, 3.8) is 0 Å². The van der Waals surface area contributed by atoms with Crippen molar-refractivity contribution < 1.29 is 4.79 Å². The molecule has 2 heterocycles. The molecule has 0 atom stereocenters. The van der Waals surface area contributed by atoms with E-state index >= 15 is 0 Å². The van der Waals surface area contributed by atoms with Crippen LogP contribution in [0.4, 0.5) is 5.69 Å². The molecule has 0 saturated carbocycles. The van der Waals surface area contributed by atoms with Crippen LogP contribution in [0.3, 0.4) is 0 Å². The van der Waals surface area contributed by atoms with Gasteiger partial charge in [-0.15, -0.1) is 0 Å². The Balaban J connectivity index is 1.69. The molecule has 0 fully saturated rings. The number of benzene rings is 1. The molecule has 0 aliphatic carbocycles. The SMILES string of the molecule is Cc1nn(CCC(=O)Nc2c(C)nn(Cc3ccc(Cl)cc3Cl)c2C)c(C)c1Br. The van der Waals surface area contributed by atoms with Gasteiger partial charge in [-0.2, -0.15) is 10.2 Å². The van der Waals surface area contributed by atoms with E-state index in [1.54, 1.807) is 12.1 Å². The second-order valence-electron chi connectivity index (χ2n) is 6.95. The molecule has 29 heavy (non-hydrogen) atoms. The second-order valence-corrected chi connectivity index (χ2v) is 8.58. The number of nitrogens with zero attached hydrogens (tertiary/aromatic N) is 4. The lowest BCUT2D eigenvalue weighted by Gasteiger charge is -2.09. The maximum Gasteiger partial charge on any atom is 0.226 e. The number of carbonyl (C=O) groups is 1. The van der Waals surface area contributed by atoms with E-state index in [1.165, 1.54) is 0 Å². The first-order chi connectivity index (χ1) is 13.7. The molecule has 0 aliphatic rings. The van der Waals surface area contributed by atoms with Gasteiger partial charge in [-0.1, -0.05) is 29.3 Å². The molecular weight excluding hydrogens is 477 g/mol. The molecule has 3 rings (SSSR count). The number of nitrogens with one attached hydrogen (secondary N) is 1. The third-order valence-electron chi connectivity index (χ3n) is 4.82. The van der Waals surface area contributed by atoms with Gasteiger partial charge in [-0.3, -0.25) is 14.2 Å². The molecule has 0 bridgehead atoms. The highest BCUT2D eigenvalue weighted by molar-refractivity contribution is 9.10. The Hall–Kier alpha value is -1.83. The summed E-state index contributed by atoms with van der Waals surface area (Å²) in [5.41, 5.74) is 5.20. The zero-order valence-electron chi connectivity index (χ0n) is 16.7. The zero-order chi connectivity index (χ0) is 21.3. The third kappa shape index (κ3) is 4.85. The summed E-state index contributed by atoms with van der Waals surface area (Å²) in [5.74, 6) is -0.0797. The van der Waals surface area contributed by atoms with E-state index in [9.17, 15) is 4.79 Å². The first-order valence-corrected chi connectivity index (χ1v) is 10.7. The quantitative estimate of drug-likeness (QED) is 0.490. The van der Waals surface area contributed by atoms with Crippen LogP contribution in [-0.2, 0) is 17.9 Å². The maximum atomic E-state index is 12.5. The lowest BCUT2D eigenvalue weighted by molar-refractivity contribution is -0.116. The van der Waals surface area contributed by atoms with Crippen molar-refractivity contribution in [2.75, 3.05) is 5.32 Å². The Kier molecular flexibility index (Phi) is 6.71. The van der Waals surface area contributed by atoms with Crippen molar-refractivity contribution in [3.8, 4) is 0 Å². The summed E-state index contributed by atoms with van der Waals surface area (Å²) >= 11 is 15.8. The van der Waals surface area contributed by atoms with E-state index in [2.05, 4.69) is 31.4 Å². The minimum absolute atomic E-state index is 0.0797. The van der Waals surface area contributed by atoms with Gasteiger partial charge in [0.2, 0.25) is 5.91 Å². The summed E-state index contributed by atoms with van der Waals surface area (Å²) in [4.78, 5) is 12.5. The Bertz CT molecular complexity index is 1070. The molecular formula is C20H22BrCl2N5O. The van der Waals surface area contributed by atoms with Crippen molar-refractivity contribution in [1.29, 1.82) is 0 Å². The fraction of sp³-hybridized carbons (Fsp3) is 0.350. The maximum absolute atomic E-state index is 12.5. The smallest absolute Gasteiger partial charge is 0.226 e. The van der Waals surface area contributed by atoms with Gasteiger partial charge in [-0.25, -0.2) is 0 Å². The molecule has 0 saturated heterocycles. The topological polar surface area (TPSA) is 64.7 Å². The fourth-order valence-corrected chi connectivity index (χ4v) is 3.90. The fourth-order valence-electron chi connectivity index (χ4n) is 3.15. The van der Waals surface area contributed by atoms with Gasteiger partial charge in [0.15, 0.2) is 0 Å². The predicted octanol–water partition coefficient (Wildman–Crippen LogP) is 5.46. The van der Waals surface area contributed by atoms with Crippen molar-refractivity contribution >= 4 is 50.7 Å². The van der Waals surface area contributed by atoms with E-state index in [-0.39, 0.29) is 5.91 Å². The lowest BCUT2D eigenvalue weighted by Crippen LogP contribution is -2.16. The van der Waals surface area contributed by atoms with Gasteiger partial charge in [0, 0.05) is 22.2 Å². The number of amides is 1. The number of hydrogen-bond acceptors (Lipinski definition) is 3. The van der Waals surface area contributed by atoms with Gasteiger partial charge in [-0.05, 0) is 61.3 Å². The molecule has 1 N–H and O–H groups in total. The van der Waals surface area contributed by atoms with E-state index in [0.717, 1.165) is 38.5 Å². The molecule has 0 unspecified atom stereocenters. The van der Waals surface area contributed by atoms with Crippen molar-refractivity contribution in [2.24, 2.45) is 0 Å². The number of hydrogen-bond donors (Lipinski definition) is 1. The van der Waals surface area contributed by atoms with Crippen LogP contribution < -0.4 is 5.32 Å². The average molecular weight is 499 g/mol. The summed E-state index contributed by atoms with van der Waals surface area (Å²) in [5, 5.41) is 13.2. The van der Waals surface area contributed by atoms with Crippen molar-refractivity contribution in [3.05, 3.63) is 61.1 Å². The van der Waals surface area contributed by atoms with Gasteiger partial charge in [0.1, 0.15) is 0 Å². The Labute approximate surface area is 188 Å². The highest BCUT2D eigenvalue weighted by Crippen LogP contribution is 2.25. The predicted molar refractivity (Wildman–Crippen MR) is 120 cm³/mol. The van der Waals surface area contributed by atoms with Gasteiger partial charge in [0.25, 0.3) is 0 Å². The van der Waals surface area contributed by atoms with Crippen LogP contribution in [-0.4, -0.2) is 25.5 Å². The van der Waals surface area contributed by atoms with Crippen LogP contribution in [0.1, 0.15) is 34.8 Å². The van der Waals surface area contributed by atoms with Crippen LogP contribution >= 0.6 is 39.1 Å². The number of carbonyl (C=O) groups excluding carboxylic acids is 1. The lowest BCUT2D eigenvalue weighted by atomic mass is 10.2. The van der Waals surface area contributed by atoms with E-state index in [1.807, 2.05) is 43.1 Å². The Morgan fingerprint density at radius 3 is 2.38 bits per heavy atom. The number of anilines is 1. The molecule has 1 aromatic carbocycles. The normalized spacial score (nSPS) is 11.1. The summed E-state index contributed by atoms with van der Waals surface area (Å²) in [7, 11) is 0. The number of aromatic nitrogens is 4. The van der Waals surface area contributed by atoms with Gasteiger partial charge < -0.3 is 5.32 Å². The molecule has 1 amide bonds. The number of rotatable bonds is 6. The molecule has 154 valence electrons. The molecule has 9 heteroatoms. The Morgan fingerprint density at radius 1 is 1.07 bits per heavy atom. The molecule has 3 aromatic rings. The molecule has 0 radical (unpaired) electrons. The average Bonchev–Trinajstić information content (AvgIpc) is 3.06. The molecule has 2 aromatic heterocycles. The van der Waals surface area contributed by atoms with E-state index in [4.69, 9.17) is 23.2 Å². The second kappa shape index (κ2) is 8.90. The van der Waals surface area contributed by atoms with Gasteiger partial charge >= 0.3 is 0 Å². The summed E-state index contributed by atoms with van der Waals surface area (Å²) in [6, 6.07) is 5.39. The highest BCUT2D eigenvalue weighted by atomic mass is 79.9. The Morgan fingerprint density at radius 2 is 1.76 bits per heavy atom. The van der Waals surface area contributed by atoms with E-state index in [0.29, 0.717) is 29.6 Å². The molecule has 0 aliphatic heterocycles. The van der Waals surface area contributed by atoms with Crippen LogP contribution in [0.2, 0.25) is 10.0 Å². The van der Waals surface area contributed by atoms with Crippen molar-refractivity contribution in [1.82, 2.24) is 19.6 Å². The largest absolute Gasteiger partial charge is 0.323 e. The van der Waals surface area contributed by atoms with Gasteiger partial charge in [0.05, 0.1) is 40.3 Å². The van der Waals surface area contributed by atoms with Crippen molar-refractivity contribution in [2.45, 2.75) is 47.2 Å². The first-order valence-electron chi connectivity index (χ1n) is 9.14. The summed E-state index contributed by atoms with van der Waals surface area (Å²) in [6.07, 6.45) is 0.321. The number of halogens is 3. The monoisotopic (exact) mass is 497 g/mol. The van der Waals surface area contributed by atoms with Crippen LogP contribution in [0, 0.1) is 27.7 Å².